The Morgan fingerprint density at radius 2 is 1.88 bits per heavy atom. The van der Waals surface area contributed by atoms with E-state index in [0.717, 1.165) is 25.7 Å². The molecule has 0 aromatic heterocycles. The number of nitrogens with one attached hydrogen (secondary N) is 1. The van der Waals surface area contributed by atoms with Crippen molar-refractivity contribution in [1.82, 2.24) is 5.32 Å². The average Bonchev–Trinajstić information content (AvgIpc) is 2.23. The van der Waals surface area contributed by atoms with Gasteiger partial charge in [-0.15, -0.1) is 0 Å². The Balaban J connectivity index is 4.19. The summed E-state index contributed by atoms with van der Waals surface area (Å²) in [5.41, 5.74) is -1.18. The first-order chi connectivity index (χ1) is 7.83. The molecule has 0 fully saturated rings. The van der Waals surface area contributed by atoms with Crippen LogP contribution in [0.25, 0.3) is 0 Å². The second kappa shape index (κ2) is 7.30. The summed E-state index contributed by atoms with van der Waals surface area (Å²) in [7, 11) is 0. The van der Waals surface area contributed by atoms with Crippen LogP contribution in [-0.2, 0) is 9.59 Å². The molecule has 1 unspecified atom stereocenters. The molecule has 0 saturated heterocycles. The van der Waals surface area contributed by atoms with Gasteiger partial charge in [0.05, 0.1) is 0 Å². The van der Waals surface area contributed by atoms with Crippen LogP contribution in [0.4, 0.5) is 0 Å². The predicted molar refractivity (Wildman–Crippen MR) is 67.8 cm³/mol. The van der Waals surface area contributed by atoms with E-state index in [0.29, 0.717) is 12.3 Å². The summed E-state index contributed by atoms with van der Waals surface area (Å²) in [6, 6.07) is 0. The molecular weight excluding hydrogens is 218 g/mol. The van der Waals surface area contributed by atoms with Crippen molar-refractivity contribution in [2.75, 3.05) is 0 Å². The Morgan fingerprint density at radius 3 is 2.29 bits per heavy atom. The number of carbonyl (C=O) groups is 2. The van der Waals surface area contributed by atoms with Crippen LogP contribution >= 0.6 is 0 Å². The molecule has 0 heterocycles. The summed E-state index contributed by atoms with van der Waals surface area (Å²) in [6.07, 6.45) is 4.66. The Hall–Kier alpha value is -1.06. The maximum atomic E-state index is 11.7. The summed E-state index contributed by atoms with van der Waals surface area (Å²) in [5, 5.41) is 11.5. The lowest BCUT2D eigenvalue weighted by atomic mass is 9.95. The molecule has 0 aromatic rings. The Labute approximate surface area is 104 Å². The van der Waals surface area contributed by atoms with Crippen molar-refractivity contribution in [3.8, 4) is 0 Å². The molecule has 0 aliphatic carbocycles. The van der Waals surface area contributed by atoms with E-state index in [-0.39, 0.29) is 5.91 Å². The Bertz CT molecular complexity index is 261. The van der Waals surface area contributed by atoms with E-state index in [1.54, 1.807) is 0 Å². The van der Waals surface area contributed by atoms with Gasteiger partial charge < -0.3 is 10.4 Å². The molecule has 0 aliphatic heterocycles. The molecule has 0 saturated carbocycles. The van der Waals surface area contributed by atoms with Crippen LogP contribution in [0.5, 0.6) is 0 Å². The number of unbranched alkanes of at least 4 members (excludes halogenated alkanes) is 1. The maximum Gasteiger partial charge on any atom is 0.328 e. The van der Waals surface area contributed by atoms with Crippen molar-refractivity contribution in [1.29, 1.82) is 0 Å². The van der Waals surface area contributed by atoms with E-state index < -0.39 is 11.5 Å². The molecule has 0 aliphatic rings. The van der Waals surface area contributed by atoms with Crippen LogP contribution in [0.15, 0.2) is 0 Å². The number of hydrogen-bond donors (Lipinski definition) is 2. The number of carboxylic acids is 1. The topological polar surface area (TPSA) is 66.4 Å². The first-order valence-corrected chi connectivity index (χ1v) is 6.37. The number of aliphatic carboxylic acids is 1. The number of carboxylic acid groups (broad SMARTS) is 1. The highest BCUT2D eigenvalue weighted by molar-refractivity contribution is 5.86. The van der Waals surface area contributed by atoms with Crippen molar-refractivity contribution in [3.05, 3.63) is 0 Å². The van der Waals surface area contributed by atoms with Crippen LogP contribution in [0, 0.1) is 5.92 Å². The first-order valence-electron chi connectivity index (χ1n) is 6.37. The Morgan fingerprint density at radius 1 is 1.29 bits per heavy atom. The summed E-state index contributed by atoms with van der Waals surface area (Å²) in [5.74, 6) is -0.813. The molecule has 0 aromatic carbocycles. The lowest BCUT2D eigenvalue weighted by molar-refractivity contribution is -0.146. The molecule has 4 heteroatoms. The fourth-order valence-electron chi connectivity index (χ4n) is 1.66. The van der Waals surface area contributed by atoms with Crippen LogP contribution in [0.3, 0.4) is 0 Å². The molecule has 0 spiro atoms. The number of rotatable bonds is 8. The van der Waals surface area contributed by atoms with Gasteiger partial charge in [0.2, 0.25) is 5.91 Å². The van der Waals surface area contributed by atoms with Crippen LogP contribution in [0.1, 0.15) is 59.8 Å². The van der Waals surface area contributed by atoms with Gasteiger partial charge in [-0.2, -0.15) is 0 Å². The Kier molecular flexibility index (Phi) is 6.85. The smallest absolute Gasteiger partial charge is 0.328 e. The number of amides is 1. The lowest BCUT2D eigenvalue weighted by Crippen LogP contribution is -2.50. The molecule has 100 valence electrons. The second-order valence-corrected chi connectivity index (χ2v) is 5.10. The van der Waals surface area contributed by atoms with Crippen LogP contribution in [0.2, 0.25) is 0 Å². The molecule has 2 N–H and O–H groups in total. The van der Waals surface area contributed by atoms with Crippen molar-refractivity contribution < 1.29 is 14.7 Å². The minimum Gasteiger partial charge on any atom is -0.480 e. The van der Waals surface area contributed by atoms with Gasteiger partial charge in [-0.25, -0.2) is 4.79 Å². The summed E-state index contributed by atoms with van der Waals surface area (Å²) < 4.78 is 0. The predicted octanol–water partition coefficient (Wildman–Crippen LogP) is 2.57. The molecule has 17 heavy (non-hydrogen) atoms. The van der Waals surface area contributed by atoms with E-state index in [1.807, 2.05) is 0 Å². The lowest BCUT2D eigenvalue weighted by Gasteiger charge is -2.22. The minimum atomic E-state index is -1.18. The second-order valence-electron chi connectivity index (χ2n) is 5.10. The molecular formula is C13H25NO3. The third-order valence-corrected chi connectivity index (χ3v) is 3.00. The fourth-order valence-corrected chi connectivity index (χ4v) is 1.66. The standard InChI is InChI=1S/C13H25NO3/c1-5-7-8-10(6-2)9-11(15)14-13(3,4)12(16)17/h10H,5-9H2,1-4H3,(H,14,15)(H,16,17). The van der Waals surface area contributed by atoms with Crippen LogP contribution < -0.4 is 5.32 Å². The average molecular weight is 243 g/mol. The van der Waals surface area contributed by atoms with E-state index in [9.17, 15) is 9.59 Å². The molecule has 1 amide bonds. The van der Waals surface area contributed by atoms with Crippen molar-refractivity contribution in [3.63, 3.8) is 0 Å². The van der Waals surface area contributed by atoms with Gasteiger partial charge in [0, 0.05) is 6.42 Å². The molecule has 1 atom stereocenters. The van der Waals surface area contributed by atoms with Gasteiger partial charge in [0.15, 0.2) is 0 Å². The molecule has 0 bridgehead atoms. The number of hydrogen-bond acceptors (Lipinski definition) is 2. The maximum absolute atomic E-state index is 11.7. The monoisotopic (exact) mass is 243 g/mol. The highest BCUT2D eigenvalue weighted by Gasteiger charge is 2.29. The van der Waals surface area contributed by atoms with Gasteiger partial charge in [-0.05, 0) is 26.2 Å². The van der Waals surface area contributed by atoms with E-state index >= 15 is 0 Å². The highest BCUT2D eigenvalue weighted by Crippen LogP contribution is 2.17. The van der Waals surface area contributed by atoms with Gasteiger partial charge in [-0.1, -0.05) is 33.1 Å². The van der Waals surface area contributed by atoms with Gasteiger partial charge in [0.25, 0.3) is 0 Å². The zero-order chi connectivity index (χ0) is 13.5. The van der Waals surface area contributed by atoms with Gasteiger partial charge >= 0.3 is 5.97 Å². The fraction of sp³-hybridized carbons (Fsp3) is 0.846. The molecule has 0 radical (unpaired) electrons. The van der Waals surface area contributed by atoms with Gasteiger partial charge in [0.1, 0.15) is 5.54 Å². The quantitative estimate of drug-likeness (QED) is 0.688. The van der Waals surface area contributed by atoms with Crippen molar-refractivity contribution in [2.24, 2.45) is 5.92 Å². The van der Waals surface area contributed by atoms with Gasteiger partial charge in [-0.3, -0.25) is 4.79 Å². The largest absolute Gasteiger partial charge is 0.480 e. The third kappa shape index (κ3) is 6.29. The zero-order valence-corrected chi connectivity index (χ0v) is 11.4. The van der Waals surface area contributed by atoms with Crippen LogP contribution in [-0.4, -0.2) is 22.5 Å². The number of carbonyl (C=O) groups excluding carboxylic acids is 1. The first kappa shape index (κ1) is 15.9. The van der Waals surface area contributed by atoms with E-state index in [2.05, 4.69) is 19.2 Å². The van der Waals surface area contributed by atoms with E-state index in [1.165, 1.54) is 13.8 Å². The van der Waals surface area contributed by atoms with E-state index in [4.69, 9.17) is 5.11 Å². The summed E-state index contributed by atoms with van der Waals surface area (Å²) in [4.78, 5) is 22.6. The zero-order valence-electron chi connectivity index (χ0n) is 11.4. The normalized spacial score (nSPS) is 13.2. The minimum absolute atomic E-state index is 0.166. The van der Waals surface area contributed by atoms with Crippen molar-refractivity contribution >= 4 is 11.9 Å². The molecule has 0 rings (SSSR count). The third-order valence-electron chi connectivity index (χ3n) is 3.00. The molecule has 4 nitrogen and oxygen atoms in total. The van der Waals surface area contributed by atoms with Crippen molar-refractivity contribution in [2.45, 2.75) is 65.3 Å². The summed E-state index contributed by atoms with van der Waals surface area (Å²) in [6.45, 7) is 7.19. The highest BCUT2D eigenvalue weighted by atomic mass is 16.4. The SMILES string of the molecule is CCCCC(CC)CC(=O)NC(C)(C)C(=O)O. The summed E-state index contributed by atoms with van der Waals surface area (Å²) >= 11 is 0.